The number of anilines is 2. The van der Waals surface area contributed by atoms with E-state index in [0.717, 1.165) is 23.6 Å². The van der Waals surface area contributed by atoms with Crippen molar-refractivity contribution in [2.24, 2.45) is 10.3 Å². The number of carboxylic acids is 2. The van der Waals surface area contributed by atoms with E-state index in [0.29, 0.717) is 43.0 Å². The van der Waals surface area contributed by atoms with Crippen molar-refractivity contribution < 1.29 is 97.3 Å². The van der Waals surface area contributed by atoms with Gasteiger partial charge in [0.2, 0.25) is 0 Å². The molecule has 0 radical (unpaired) electrons. The van der Waals surface area contributed by atoms with Gasteiger partial charge in [0, 0.05) is 48.8 Å². The fourth-order valence-electron chi connectivity index (χ4n) is 6.57. The molecule has 0 bridgehead atoms. The molecular weight excluding hydrogens is 803 g/mol. The predicted octanol–water partition coefficient (Wildman–Crippen LogP) is -6.25. The number of carbonyl (C=O) groups excluding carboxylic acids is 3. The van der Waals surface area contributed by atoms with Gasteiger partial charge in [-0.3, -0.25) is 14.6 Å². The predicted molar refractivity (Wildman–Crippen MR) is 192 cm³/mol. The summed E-state index contributed by atoms with van der Waals surface area (Å²) in [6.07, 6.45) is 2.43. The van der Waals surface area contributed by atoms with E-state index in [1.54, 1.807) is 20.8 Å². The number of thiazole rings is 1. The van der Waals surface area contributed by atoms with Crippen LogP contribution in [-0.4, -0.2) is 111 Å². The molecule has 2 atom stereocenters. The Morgan fingerprint density at radius 1 is 1.16 bits per heavy atom. The SMILES string of the molecule is CON=C(C(=O)N[C@@H]1CN2C(C(=O)[O-])=C(CSC=NN3CCN(c4c(F)cc5c(=O)c(C(=O)[O-])cn(C6CC6)c5c4F)CC3)CS[C@H]12)c1csc(N)n1.[Na+].[Na+]. The van der Waals surface area contributed by atoms with Gasteiger partial charge in [-0.15, -0.1) is 34.9 Å². The van der Waals surface area contributed by atoms with Gasteiger partial charge in [-0.25, -0.2) is 13.8 Å². The van der Waals surface area contributed by atoms with E-state index in [1.807, 2.05) is 0 Å². The zero-order chi connectivity index (χ0) is 37.6. The summed E-state index contributed by atoms with van der Waals surface area (Å²) in [5.74, 6) is -4.72. The van der Waals surface area contributed by atoms with Crippen LogP contribution in [0.2, 0.25) is 0 Å². The average molecular weight is 834 g/mol. The number of nitrogen functional groups attached to an aromatic ring is 1. The minimum atomic E-state index is -1.70. The van der Waals surface area contributed by atoms with E-state index in [9.17, 15) is 29.4 Å². The molecule has 1 amide bonds. The summed E-state index contributed by atoms with van der Waals surface area (Å²) >= 11 is 3.93. The number of aliphatic carboxylic acids is 1. The summed E-state index contributed by atoms with van der Waals surface area (Å²) in [6, 6.07) is 0.340. The van der Waals surface area contributed by atoms with Crippen LogP contribution in [0.5, 0.6) is 0 Å². The first-order chi connectivity index (χ1) is 25.5. The first-order valence-electron chi connectivity index (χ1n) is 16.3. The number of nitrogens with zero attached hydrogens (tertiary/aromatic N) is 7. The van der Waals surface area contributed by atoms with Gasteiger partial charge < -0.3 is 50.1 Å². The summed E-state index contributed by atoms with van der Waals surface area (Å²) in [4.78, 5) is 61.6. The number of hydrogen-bond donors (Lipinski definition) is 2. The Bertz CT molecular complexity index is 2160. The number of piperazine rings is 1. The van der Waals surface area contributed by atoms with Crippen LogP contribution in [0.15, 0.2) is 44.0 Å². The number of aromatic nitrogens is 2. The first kappa shape index (κ1) is 43.2. The topological polar surface area (TPSA) is 214 Å². The van der Waals surface area contributed by atoms with Crippen LogP contribution in [0.1, 0.15) is 34.9 Å². The number of rotatable bonds is 12. The molecular formula is C32H31F2N9Na2O7S3. The van der Waals surface area contributed by atoms with Gasteiger partial charge in [-0.05, 0) is 24.5 Å². The van der Waals surface area contributed by atoms with Gasteiger partial charge in [0.15, 0.2) is 22.1 Å². The quantitative estimate of drug-likeness (QED) is 0.0753. The number of carbonyl (C=O) groups is 3. The van der Waals surface area contributed by atoms with E-state index in [4.69, 9.17) is 10.6 Å². The number of hydrazone groups is 1. The van der Waals surface area contributed by atoms with Gasteiger partial charge in [0.05, 0.1) is 64.2 Å². The first-order valence-corrected chi connectivity index (χ1v) is 19.3. The third-order valence-electron chi connectivity index (χ3n) is 9.23. The molecule has 0 unspecified atom stereocenters. The maximum absolute atomic E-state index is 16.0. The van der Waals surface area contributed by atoms with Crippen LogP contribution >= 0.6 is 34.9 Å². The molecule has 55 heavy (non-hydrogen) atoms. The molecule has 1 saturated carbocycles. The van der Waals surface area contributed by atoms with Crippen molar-refractivity contribution in [1.82, 2.24) is 24.8 Å². The monoisotopic (exact) mass is 833 g/mol. The van der Waals surface area contributed by atoms with Gasteiger partial charge in [0.25, 0.3) is 5.91 Å². The van der Waals surface area contributed by atoms with Crippen LogP contribution in [0.25, 0.3) is 10.9 Å². The van der Waals surface area contributed by atoms with E-state index in [2.05, 4.69) is 20.6 Å². The molecule has 2 saturated heterocycles. The number of nitrogens with one attached hydrogen (secondary N) is 1. The zero-order valence-electron chi connectivity index (χ0n) is 30.0. The van der Waals surface area contributed by atoms with Crippen molar-refractivity contribution in [2.45, 2.75) is 30.3 Å². The molecule has 0 spiro atoms. The molecule has 3 aromatic rings. The summed E-state index contributed by atoms with van der Waals surface area (Å²) in [5.41, 5.74) is 6.18. The number of fused-ring (bicyclic) bond motifs is 2. The minimum absolute atomic E-state index is 0. The maximum Gasteiger partial charge on any atom is 1.00 e. The number of carboxylic acid groups (broad SMARTS) is 2. The standard InChI is InChI=1S/C32H33F2N9O7S3.2Na/c1-50-39-23(21-13-53-32(35)38-21)28(45)37-20-10-43-24(31(48)49)15(12-52-29(20)43)11-51-14-36-41-6-4-40(5-7-41)26-19(33)8-17-25(22(26)34)42(16-2-3-16)9-18(27(17)44)30(46)47;;/h8-9,13-14,16,20,29H,2-7,10-12H2,1H3,(H2,35,38)(H,37,45)(H,46,47)(H,48,49);;/q;2*+1/p-2/t20-,29-;;/m1../s1. The summed E-state index contributed by atoms with van der Waals surface area (Å²) in [6.45, 7) is 1.33. The second-order valence-corrected chi connectivity index (χ2v) is 15.4. The maximum atomic E-state index is 16.0. The fraction of sp³-hybridized carbons (Fsp3) is 0.406. The molecule has 23 heteroatoms. The number of pyridine rings is 1. The number of benzene rings is 1. The number of halogens is 2. The normalized spacial score (nSPS) is 19.8. The molecule has 2 aromatic heterocycles. The van der Waals surface area contributed by atoms with Crippen LogP contribution in [0.3, 0.4) is 0 Å². The Morgan fingerprint density at radius 2 is 1.89 bits per heavy atom. The molecule has 7 rings (SSSR count). The van der Waals surface area contributed by atoms with Crippen LogP contribution in [0, 0.1) is 11.6 Å². The summed E-state index contributed by atoms with van der Waals surface area (Å²) < 4.78 is 32.8. The molecule has 3 fully saturated rings. The largest absolute Gasteiger partial charge is 1.00 e. The van der Waals surface area contributed by atoms with Crippen molar-refractivity contribution in [2.75, 3.05) is 62.0 Å². The van der Waals surface area contributed by atoms with Gasteiger partial charge >= 0.3 is 59.1 Å². The van der Waals surface area contributed by atoms with Crippen LogP contribution < -0.4 is 90.7 Å². The van der Waals surface area contributed by atoms with Gasteiger partial charge in [-0.1, -0.05) is 5.16 Å². The zero-order valence-corrected chi connectivity index (χ0v) is 36.4. The molecule has 1 aliphatic carbocycles. The van der Waals surface area contributed by atoms with Crippen molar-refractivity contribution in [1.29, 1.82) is 0 Å². The fourth-order valence-corrected chi connectivity index (χ4v) is 9.33. The number of hydrogen-bond acceptors (Lipinski definition) is 17. The van der Waals surface area contributed by atoms with Crippen molar-refractivity contribution in [3.8, 4) is 0 Å². The molecule has 1 aromatic carbocycles. The minimum Gasteiger partial charge on any atom is -0.545 e. The Morgan fingerprint density at radius 3 is 2.51 bits per heavy atom. The van der Waals surface area contributed by atoms with Gasteiger partial charge in [-0.2, -0.15) is 5.10 Å². The van der Waals surface area contributed by atoms with Crippen molar-refractivity contribution >= 4 is 85.7 Å². The van der Waals surface area contributed by atoms with Gasteiger partial charge in [0.1, 0.15) is 24.3 Å². The molecule has 5 heterocycles. The average Bonchev–Trinajstić information content (AvgIpc) is 3.87. The number of oxime groups is 1. The number of thioether (sulfide) groups is 2. The van der Waals surface area contributed by atoms with Crippen LogP contribution in [0.4, 0.5) is 19.6 Å². The Balaban J connectivity index is 0.00000290. The van der Waals surface area contributed by atoms with E-state index >= 15 is 8.78 Å². The van der Waals surface area contributed by atoms with Crippen molar-refractivity contribution in [3.05, 3.63) is 62.0 Å². The number of aromatic carboxylic acids is 1. The second-order valence-electron chi connectivity index (χ2n) is 12.6. The Kier molecular flexibility index (Phi) is 14.3. The summed E-state index contributed by atoms with van der Waals surface area (Å²) in [5, 5.41) is 37.8. The molecule has 16 nitrogen and oxygen atoms in total. The van der Waals surface area contributed by atoms with E-state index in [-0.39, 0.29) is 135 Å². The third-order valence-corrected chi connectivity index (χ3v) is 12.1. The van der Waals surface area contributed by atoms with Crippen molar-refractivity contribution in [3.63, 3.8) is 0 Å². The smallest absolute Gasteiger partial charge is 0.545 e. The molecule has 4 aliphatic rings. The number of nitrogens with two attached hydrogens (primary N) is 1. The van der Waals surface area contributed by atoms with E-state index in [1.165, 1.54) is 40.1 Å². The number of amides is 1. The second kappa shape index (κ2) is 18.1. The van der Waals surface area contributed by atoms with Crippen LogP contribution in [-0.2, 0) is 14.4 Å². The molecule has 280 valence electrons. The Labute approximate surface area is 369 Å². The molecule has 3 N–H and O–H groups in total. The summed E-state index contributed by atoms with van der Waals surface area (Å²) in [7, 11) is 1.31. The Hall–Kier alpha value is -2.89. The third kappa shape index (κ3) is 8.84. The molecule has 3 aliphatic heterocycles. The van der Waals surface area contributed by atoms with E-state index < -0.39 is 40.5 Å².